The van der Waals surface area contributed by atoms with Gasteiger partial charge in [0.2, 0.25) is 0 Å². The average Bonchev–Trinajstić information content (AvgIpc) is 2.69. The molecule has 0 aromatic carbocycles. The Morgan fingerprint density at radius 1 is 0.593 bits per heavy atom. The van der Waals surface area contributed by atoms with Gasteiger partial charge in [-0.2, -0.15) is 0 Å². The van der Waals surface area contributed by atoms with Crippen molar-refractivity contribution in [2.45, 2.75) is 136 Å². The fraction of sp³-hybridized carbons (Fsp3) is 0.808. The highest BCUT2D eigenvalue weighted by atomic mass is 14.9. The Kier molecular flexibility index (Phi) is 16.6. The maximum atomic E-state index is 2.42. The van der Waals surface area contributed by atoms with Crippen molar-refractivity contribution in [3.63, 3.8) is 0 Å². The topological polar surface area (TPSA) is 3.88 Å². The van der Waals surface area contributed by atoms with E-state index in [0.29, 0.717) is 0 Å². The number of pyridine rings is 1. The van der Waals surface area contributed by atoms with Gasteiger partial charge in [-0.15, -0.1) is 0 Å². The predicted octanol–water partition coefficient (Wildman–Crippen LogP) is 8.19. The summed E-state index contributed by atoms with van der Waals surface area (Å²) in [6.07, 6.45) is 29.9. The van der Waals surface area contributed by atoms with Gasteiger partial charge >= 0.3 is 0 Å². The molecule has 0 spiro atoms. The summed E-state index contributed by atoms with van der Waals surface area (Å²) in [5, 5.41) is 0. The molecular formula is C26H48N+. The van der Waals surface area contributed by atoms with Crippen LogP contribution in [0.4, 0.5) is 0 Å². The van der Waals surface area contributed by atoms with E-state index >= 15 is 0 Å². The van der Waals surface area contributed by atoms with Crippen molar-refractivity contribution < 1.29 is 4.57 Å². The van der Waals surface area contributed by atoms with E-state index in [-0.39, 0.29) is 0 Å². The van der Waals surface area contributed by atoms with Crippen molar-refractivity contribution in [3.8, 4) is 0 Å². The summed E-state index contributed by atoms with van der Waals surface area (Å²) < 4.78 is 2.42. The number of aryl methyl sites for hydroxylation is 2. The van der Waals surface area contributed by atoms with Crippen molar-refractivity contribution in [2.75, 3.05) is 0 Å². The van der Waals surface area contributed by atoms with Crippen LogP contribution >= 0.6 is 0 Å². The van der Waals surface area contributed by atoms with E-state index in [0.717, 1.165) is 0 Å². The number of unbranched alkanes of at least 4 members (excludes halogenated alkanes) is 15. The van der Waals surface area contributed by atoms with Crippen LogP contribution in [-0.2, 0) is 13.0 Å². The van der Waals surface area contributed by atoms with E-state index in [1.807, 2.05) is 0 Å². The van der Waals surface area contributed by atoms with Crippen LogP contribution in [0.5, 0.6) is 0 Å². The van der Waals surface area contributed by atoms with Gasteiger partial charge in [0, 0.05) is 18.1 Å². The van der Waals surface area contributed by atoms with Gasteiger partial charge in [0.05, 0.1) is 0 Å². The Hall–Kier alpha value is -0.850. The van der Waals surface area contributed by atoms with Crippen LogP contribution in [0.2, 0.25) is 0 Å². The van der Waals surface area contributed by atoms with E-state index in [2.05, 4.69) is 42.9 Å². The van der Waals surface area contributed by atoms with Gasteiger partial charge in [0.25, 0.3) is 0 Å². The van der Waals surface area contributed by atoms with Gasteiger partial charge in [-0.1, -0.05) is 104 Å². The fourth-order valence-electron chi connectivity index (χ4n) is 3.93. The van der Waals surface area contributed by atoms with E-state index in [1.165, 1.54) is 128 Å². The number of hydrogen-bond donors (Lipinski definition) is 0. The summed E-state index contributed by atoms with van der Waals surface area (Å²) in [6, 6.07) is 4.56. The molecule has 156 valence electrons. The molecular weight excluding hydrogens is 326 g/mol. The Balaban J connectivity index is 2.01. The monoisotopic (exact) mass is 374 g/mol. The molecule has 1 aromatic heterocycles. The summed E-state index contributed by atoms with van der Waals surface area (Å²) in [5.41, 5.74) is 1.53. The Morgan fingerprint density at radius 2 is 1.07 bits per heavy atom. The predicted molar refractivity (Wildman–Crippen MR) is 120 cm³/mol. The molecule has 1 heterocycles. The van der Waals surface area contributed by atoms with Crippen LogP contribution in [0.1, 0.15) is 129 Å². The van der Waals surface area contributed by atoms with Crippen LogP contribution < -0.4 is 4.57 Å². The summed E-state index contributed by atoms with van der Waals surface area (Å²) in [5.74, 6) is 0. The summed E-state index contributed by atoms with van der Waals surface area (Å²) in [4.78, 5) is 0. The van der Waals surface area contributed by atoms with Crippen molar-refractivity contribution in [1.29, 1.82) is 0 Å². The molecule has 27 heavy (non-hydrogen) atoms. The zero-order valence-corrected chi connectivity index (χ0v) is 18.7. The van der Waals surface area contributed by atoms with E-state index in [1.54, 1.807) is 0 Å². The molecule has 0 radical (unpaired) electrons. The Morgan fingerprint density at radius 3 is 1.63 bits per heavy atom. The highest BCUT2D eigenvalue weighted by Crippen LogP contribution is 2.11. The highest BCUT2D eigenvalue weighted by Gasteiger charge is 2.03. The van der Waals surface area contributed by atoms with E-state index in [4.69, 9.17) is 0 Å². The molecule has 0 saturated heterocycles. The van der Waals surface area contributed by atoms with Crippen LogP contribution in [0.15, 0.2) is 24.5 Å². The first-order valence-corrected chi connectivity index (χ1v) is 12.3. The molecule has 0 fully saturated rings. The number of rotatable bonds is 19. The van der Waals surface area contributed by atoms with Gasteiger partial charge in [0.1, 0.15) is 6.54 Å². The molecule has 1 aromatic rings. The van der Waals surface area contributed by atoms with Crippen LogP contribution in [0, 0.1) is 0 Å². The highest BCUT2D eigenvalue weighted by molar-refractivity contribution is 5.05. The summed E-state index contributed by atoms with van der Waals surface area (Å²) >= 11 is 0. The normalized spacial score (nSPS) is 11.2. The minimum absolute atomic E-state index is 1.20. The first kappa shape index (κ1) is 24.2. The van der Waals surface area contributed by atoms with Crippen molar-refractivity contribution in [3.05, 3.63) is 30.1 Å². The Bertz CT molecular complexity index is 426. The lowest BCUT2D eigenvalue weighted by Crippen LogP contribution is -2.33. The van der Waals surface area contributed by atoms with Gasteiger partial charge in [0.15, 0.2) is 12.4 Å². The van der Waals surface area contributed by atoms with Crippen molar-refractivity contribution in [1.82, 2.24) is 0 Å². The second kappa shape index (κ2) is 18.5. The third kappa shape index (κ3) is 14.8. The third-order valence-corrected chi connectivity index (χ3v) is 5.76. The minimum Gasteiger partial charge on any atom is -0.205 e. The number of aromatic nitrogens is 1. The molecule has 0 saturated carbocycles. The first-order chi connectivity index (χ1) is 13.4. The fourth-order valence-corrected chi connectivity index (χ4v) is 3.93. The van der Waals surface area contributed by atoms with E-state index in [9.17, 15) is 0 Å². The SMILES string of the molecule is CCCCCCCCCCC[n+]1cccc(CCCCCCCCCC)c1. The van der Waals surface area contributed by atoms with Crippen LogP contribution in [0.3, 0.4) is 0 Å². The van der Waals surface area contributed by atoms with Gasteiger partial charge < -0.3 is 0 Å². The van der Waals surface area contributed by atoms with Gasteiger partial charge in [-0.3, -0.25) is 0 Å². The second-order valence-corrected chi connectivity index (χ2v) is 8.50. The van der Waals surface area contributed by atoms with Crippen LogP contribution in [0.25, 0.3) is 0 Å². The first-order valence-electron chi connectivity index (χ1n) is 12.3. The molecule has 0 atom stereocenters. The summed E-state index contributed by atoms with van der Waals surface area (Å²) in [6.45, 7) is 5.78. The second-order valence-electron chi connectivity index (χ2n) is 8.50. The Labute approximate surface area is 171 Å². The number of hydrogen-bond acceptors (Lipinski definition) is 0. The molecule has 1 heteroatoms. The maximum absolute atomic E-state index is 2.42. The maximum Gasteiger partial charge on any atom is 0.171 e. The lowest BCUT2D eigenvalue weighted by molar-refractivity contribution is -0.697. The molecule has 1 nitrogen and oxygen atoms in total. The molecule has 0 aliphatic carbocycles. The number of nitrogens with zero attached hydrogens (tertiary/aromatic N) is 1. The quantitative estimate of drug-likeness (QED) is 0.170. The zero-order valence-electron chi connectivity index (χ0n) is 18.7. The lowest BCUT2D eigenvalue weighted by atomic mass is 10.0. The zero-order chi connectivity index (χ0) is 19.4. The smallest absolute Gasteiger partial charge is 0.171 e. The molecule has 0 unspecified atom stereocenters. The molecule has 0 aliphatic rings. The third-order valence-electron chi connectivity index (χ3n) is 5.76. The average molecular weight is 375 g/mol. The molecule has 0 N–H and O–H groups in total. The molecule has 0 bridgehead atoms. The van der Waals surface area contributed by atoms with Gasteiger partial charge in [-0.05, 0) is 25.3 Å². The van der Waals surface area contributed by atoms with Crippen LogP contribution in [-0.4, -0.2) is 0 Å². The minimum atomic E-state index is 1.20. The van der Waals surface area contributed by atoms with E-state index < -0.39 is 0 Å². The van der Waals surface area contributed by atoms with Crippen molar-refractivity contribution >= 4 is 0 Å². The lowest BCUT2D eigenvalue weighted by Gasteiger charge is -2.03. The molecule has 0 amide bonds. The molecule has 1 rings (SSSR count). The molecule has 0 aliphatic heterocycles. The summed E-state index contributed by atoms with van der Waals surface area (Å²) in [7, 11) is 0. The largest absolute Gasteiger partial charge is 0.205 e. The standard InChI is InChI=1S/C26H48N/c1-3-5-7-9-11-13-15-17-19-23-27-24-20-22-26(25-27)21-18-16-14-12-10-8-6-4-2/h20,22,24-25H,3-19,21,23H2,1-2H3/q+1. The van der Waals surface area contributed by atoms with Gasteiger partial charge in [-0.25, -0.2) is 4.57 Å². The van der Waals surface area contributed by atoms with Crippen molar-refractivity contribution in [2.24, 2.45) is 0 Å².